The fraction of sp³-hybridized carbons (Fsp3) is 0.409. The van der Waals surface area contributed by atoms with Gasteiger partial charge in [-0.05, 0) is 22.8 Å². The second-order valence-corrected chi connectivity index (χ2v) is 7.26. The van der Waals surface area contributed by atoms with Crippen molar-refractivity contribution < 1.29 is 14.7 Å². The van der Waals surface area contributed by atoms with Gasteiger partial charge in [0.05, 0.1) is 18.7 Å². The normalized spacial score (nSPS) is 21.1. The van der Waals surface area contributed by atoms with Crippen LogP contribution in [0.3, 0.4) is 0 Å². The number of likely N-dealkylation sites (N-methyl/N-ethyl adjacent to an activating group) is 1. The summed E-state index contributed by atoms with van der Waals surface area (Å²) in [5.74, 6) is -0.0461. The standard InChI is InChI=1S/C22H27N3O3/c1-4-21(28)24(3)13-19-22(20(14-26)25(19)15(2)27)17-9-7-16(8-10-17)18-6-5-11-23-12-18/h5-12,19-20,22,26H,4,13-14H2,1-3H3/t19-,20+,22+/m0/s1. The van der Waals surface area contributed by atoms with Gasteiger partial charge in [-0.1, -0.05) is 37.3 Å². The Balaban J connectivity index is 1.86. The Morgan fingerprint density at radius 3 is 2.39 bits per heavy atom. The molecule has 0 bridgehead atoms. The Labute approximate surface area is 165 Å². The van der Waals surface area contributed by atoms with Gasteiger partial charge in [0.15, 0.2) is 0 Å². The first-order valence-corrected chi connectivity index (χ1v) is 9.62. The van der Waals surface area contributed by atoms with Crippen LogP contribution < -0.4 is 0 Å². The lowest BCUT2D eigenvalue weighted by Crippen LogP contribution is -2.68. The van der Waals surface area contributed by atoms with Gasteiger partial charge in [-0.25, -0.2) is 0 Å². The zero-order chi connectivity index (χ0) is 20.3. The molecule has 148 valence electrons. The number of pyridine rings is 1. The summed E-state index contributed by atoms with van der Waals surface area (Å²) in [7, 11) is 1.76. The summed E-state index contributed by atoms with van der Waals surface area (Å²) in [5.41, 5.74) is 3.16. The molecule has 2 heterocycles. The average Bonchev–Trinajstić information content (AvgIpc) is 2.70. The lowest BCUT2D eigenvalue weighted by atomic mass is 9.74. The summed E-state index contributed by atoms with van der Waals surface area (Å²) < 4.78 is 0. The summed E-state index contributed by atoms with van der Waals surface area (Å²) >= 11 is 0. The van der Waals surface area contributed by atoms with Crippen LogP contribution in [0.4, 0.5) is 0 Å². The third kappa shape index (κ3) is 3.78. The highest BCUT2D eigenvalue weighted by atomic mass is 16.3. The number of carbonyl (C=O) groups is 2. The fourth-order valence-electron chi connectivity index (χ4n) is 4.14. The highest BCUT2D eigenvalue weighted by Gasteiger charge is 2.50. The molecule has 2 aromatic rings. The topological polar surface area (TPSA) is 73.7 Å². The van der Waals surface area contributed by atoms with Crippen molar-refractivity contribution in [3.05, 3.63) is 54.4 Å². The lowest BCUT2D eigenvalue weighted by Gasteiger charge is -2.55. The van der Waals surface area contributed by atoms with E-state index in [0.29, 0.717) is 13.0 Å². The van der Waals surface area contributed by atoms with E-state index in [0.717, 1.165) is 16.7 Å². The number of likely N-dealkylation sites (tertiary alicyclic amines) is 1. The summed E-state index contributed by atoms with van der Waals surface area (Å²) in [4.78, 5) is 31.7. The van der Waals surface area contributed by atoms with Crippen molar-refractivity contribution in [1.29, 1.82) is 0 Å². The van der Waals surface area contributed by atoms with Gasteiger partial charge in [-0.3, -0.25) is 14.6 Å². The van der Waals surface area contributed by atoms with Crippen LogP contribution >= 0.6 is 0 Å². The van der Waals surface area contributed by atoms with Crippen molar-refractivity contribution in [3.63, 3.8) is 0 Å². The molecule has 2 amide bonds. The summed E-state index contributed by atoms with van der Waals surface area (Å²) in [6, 6.07) is 11.7. The first-order valence-electron chi connectivity index (χ1n) is 9.62. The highest BCUT2D eigenvalue weighted by Crippen LogP contribution is 2.41. The van der Waals surface area contributed by atoms with Crippen LogP contribution in [0.25, 0.3) is 11.1 Å². The molecule has 1 aromatic heterocycles. The Morgan fingerprint density at radius 1 is 1.14 bits per heavy atom. The predicted octanol–water partition coefficient (Wildman–Crippen LogP) is 2.29. The van der Waals surface area contributed by atoms with E-state index in [4.69, 9.17) is 0 Å². The summed E-state index contributed by atoms with van der Waals surface area (Å²) in [6.07, 6.45) is 3.99. The molecule has 1 aliphatic heterocycles. The molecule has 1 fully saturated rings. The lowest BCUT2D eigenvalue weighted by molar-refractivity contribution is -0.151. The van der Waals surface area contributed by atoms with Gasteiger partial charge < -0.3 is 14.9 Å². The van der Waals surface area contributed by atoms with Crippen molar-refractivity contribution >= 4 is 11.8 Å². The van der Waals surface area contributed by atoms with Crippen LogP contribution in [-0.4, -0.2) is 64.0 Å². The van der Waals surface area contributed by atoms with Crippen molar-refractivity contribution in [3.8, 4) is 11.1 Å². The molecule has 3 atom stereocenters. The number of hydrogen-bond acceptors (Lipinski definition) is 4. The van der Waals surface area contributed by atoms with Crippen molar-refractivity contribution in [2.45, 2.75) is 38.3 Å². The van der Waals surface area contributed by atoms with Crippen LogP contribution in [0.1, 0.15) is 31.7 Å². The molecule has 0 saturated carbocycles. The molecule has 1 aromatic carbocycles. The maximum atomic E-state index is 12.1. The van der Waals surface area contributed by atoms with Gasteiger partial charge >= 0.3 is 0 Å². The average molecular weight is 381 g/mol. The number of nitrogens with zero attached hydrogens (tertiary/aromatic N) is 3. The predicted molar refractivity (Wildman–Crippen MR) is 108 cm³/mol. The molecule has 0 unspecified atom stereocenters. The maximum Gasteiger partial charge on any atom is 0.222 e. The van der Waals surface area contributed by atoms with Crippen LogP contribution in [0, 0.1) is 0 Å². The van der Waals surface area contributed by atoms with E-state index in [1.165, 1.54) is 6.92 Å². The number of amides is 2. The number of hydrogen-bond donors (Lipinski definition) is 1. The second-order valence-electron chi connectivity index (χ2n) is 7.26. The molecule has 1 saturated heterocycles. The molecule has 28 heavy (non-hydrogen) atoms. The van der Waals surface area contributed by atoms with E-state index >= 15 is 0 Å². The van der Waals surface area contributed by atoms with E-state index in [1.807, 2.05) is 49.5 Å². The van der Waals surface area contributed by atoms with E-state index in [1.54, 1.807) is 23.0 Å². The molecule has 1 aliphatic rings. The Bertz CT molecular complexity index is 823. The van der Waals surface area contributed by atoms with Crippen LogP contribution in [0.5, 0.6) is 0 Å². The van der Waals surface area contributed by atoms with E-state index < -0.39 is 0 Å². The smallest absolute Gasteiger partial charge is 0.222 e. The van der Waals surface area contributed by atoms with Gasteiger partial charge in [-0.2, -0.15) is 0 Å². The number of benzene rings is 1. The largest absolute Gasteiger partial charge is 0.394 e. The number of carbonyl (C=O) groups excluding carboxylic acids is 2. The van der Waals surface area contributed by atoms with Crippen molar-refractivity contribution in [1.82, 2.24) is 14.8 Å². The minimum absolute atomic E-state index is 0.0102. The molecule has 0 radical (unpaired) electrons. The van der Waals surface area contributed by atoms with Crippen LogP contribution in [0.15, 0.2) is 48.8 Å². The Morgan fingerprint density at radius 2 is 1.86 bits per heavy atom. The molecule has 1 N–H and O–H groups in total. The first kappa shape index (κ1) is 20.0. The summed E-state index contributed by atoms with van der Waals surface area (Å²) in [5, 5.41) is 9.89. The zero-order valence-corrected chi connectivity index (χ0v) is 16.6. The Hall–Kier alpha value is -2.73. The molecular weight excluding hydrogens is 354 g/mol. The number of aliphatic hydroxyl groups excluding tert-OH is 1. The van der Waals surface area contributed by atoms with Gasteiger partial charge in [-0.15, -0.1) is 0 Å². The van der Waals surface area contributed by atoms with Crippen molar-refractivity contribution in [2.75, 3.05) is 20.2 Å². The number of rotatable bonds is 6. The molecular formula is C22H27N3O3. The van der Waals surface area contributed by atoms with E-state index in [2.05, 4.69) is 4.98 Å². The number of aromatic nitrogens is 1. The van der Waals surface area contributed by atoms with Crippen LogP contribution in [-0.2, 0) is 9.59 Å². The van der Waals surface area contributed by atoms with Crippen molar-refractivity contribution in [2.24, 2.45) is 0 Å². The molecule has 3 rings (SSSR count). The zero-order valence-electron chi connectivity index (χ0n) is 16.6. The first-order chi connectivity index (χ1) is 13.5. The van der Waals surface area contributed by atoms with E-state index in [9.17, 15) is 14.7 Å². The third-order valence-electron chi connectivity index (χ3n) is 5.57. The van der Waals surface area contributed by atoms with Gasteiger partial charge in [0.2, 0.25) is 11.8 Å². The monoisotopic (exact) mass is 381 g/mol. The van der Waals surface area contributed by atoms with Gasteiger partial charge in [0, 0.05) is 45.2 Å². The molecule has 0 aliphatic carbocycles. The second kappa shape index (κ2) is 8.52. The van der Waals surface area contributed by atoms with Gasteiger partial charge in [0.25, 0.3) is 0 Å². The van der Waals surface area contributed by atoms with Crippen LogP contribution in [0.2, 0.25) is 0 Å². The third-order valence-corrected chi connectivity index (χ3v) is 5.57. The molecule has 6 nitrogen and oxygen atoms in total. The number of aliphatic hydroxyl groups is 1. The highest BCUT2D eigenvalue weighted by molar-refractivity contribution is 5.77. The molecule has 6 heteroatoms. The van der Waals surface area contributed by atoms with Gasteiger partial charge in [0.1, 0.15) is 0 Å². The fourth-order valence-corrected chi connectivity index (χ4v) is 4.14. The minimum atomic E-state index is -0.267. The maximum absolute atomic E-state index is 12.1. The quantitative estimate of drug-likeness (QED) is 0.833. The SMILES string of the molecule is CCC(=O)N(C)C[C@H]1[C@@H](c2ccc(-c3cccnc3)cc2)[C@@H](CO)N1C(C)=O. The minimum Gasteiger partial charge on any atom is -0.394 e. The van der Waals surface area contributed by atoms with E-state index in [-0.39, 0.29) is 36.4 Å². The Kier molecular flexibility index (Phi) is 6.09. The molecule has 0 spiro atoms. The summed E-state index contributed by atoms with van der Waals surface area (Å²) in [6.45, 7) is 3.70.